The molecule has 3 aromatic carbocycles. The molecule has 0 saturated heterocycles. The third-order valence-electron chi connectivity index (χ3n) is 6.52. The number of hydrogen-bond donors (Lipinski definition) is 1. The van der Waals surface area contributed by atoms with Gasteiger partial charge < -0.3 is 14.4 Å². The lowest BCUT2D eigenvalue weighted by Crippen LogP contribution is -2.34. The van der Waals surface area contributed by atoms with Gasteiger partial charge in [-0.05, 0) is 68.4 Å². The molecule has 41 heavy (non-hydrogen) atoms. The van der Waals surface area contributed by atoms with Gasteiger partial charge in [-0.3, -0.25) is 14.2 Å². The second-order valence-electron chi connectivity index (χ2n) is 9.29. The molecule has 4 aromatic rings. The molecule has 9 nitrogen and oxygen atoms in total. The van der Waals surface area contributed by atoms with Crippen LogP contribution in [0.5, 0.6) is 11.5 Å². The lowest BCUT2D eigenvalue weighted by Gasteiger charge is -2.24. The Bertz CT molecular complexity index is 1660. The largest absolute Gasteiger partial charge is 0.456 e. The summed E-state index contributed by atoms with van der Waals surface area (Å²) in [6.07, 6.45) is 0. The Labute approximate surface area is 249 Å². The van der Waals surface area contributed by atoms with E-state index in [0.717, 1.165) is 17.0 Å². The van der Waals surface area contributed by atoms with E-state index in [1.54, 1.807) is 41.0 Å². The molecule has 0 radical (unpaired) electrons. The summed E-state index contributed by atoms with van der Waals surface area (Å²) in [5.74, 6) is 0.449. The van der Waals surface area contributed by atoms with E-state index in [2.05, 4.69) is 9.82 Å². The zero-order valence-corrected chi connectivity index (χ0v) is 25.3. The lowest BCUT2D eigenvalue weighted by molar-refractivity contribution is 0.0681. The van der Waals surface area contributed by atoms with Crippen LogP contribution in [-0.2, 0) is 28.4 Å². The number of benzene rings is 3. The molecule has 1 aromatic heterocycles. The van der Waals surface area contributed by atoms with Crippen LogP contribution in [0.4, 0.5) is 5.69 Å². The summed E-state index contributed by atoms with van der Waals surface area (Å²) in [5, 5.41) is 5.16. The second kappa shape index (κ2) is 12.9. The van der Waals surface area contributed by atoms with E-state index in [1.165, 1.54) is 42.5 Å². The normalized spacial score (nSPS) is 11.4. The Morgan fingerprint density at radius 1 is 1.05 bits per heavy atom. The van der Waals surface area contributed by atoms with Crippen LogP contribution in [0.15, 0.2) is 71.6 Å². The summed E-state index contributed by atoms with van der Waals surface area (Å²) in [5.41, 5.74) is 2.83. The van der Waals surface area contributed by atoms with Crippen molar-refractivity contribution in [3.8, 4) is 11.5 Å². The Kier molecular flexibility index (Phi) is 9.60. The van der Waals surface area contributed by atoms with Crippen molar-refractivity contribution in [3.05, 3.63) is 99.3 Å². The van der Waals surface area contributed by atoms with Gasteiger partial charge in [0.05, 0.1) is 33.5 Å². The average molecular weight is 618 g/mol. The molecule has 0 spiro atoms. The van der Waals surface area contributed by atoms with Crippen molar-refractivity contribution >= 4 is 44.8 Å². The first-order chi connectivity index (χ1) is 19.5. The molecular formula is C29H30Cl2N4O5S. The van der Waals surface area contributed by atoms with Crippen molar-refractivity contribution in [2.24, 2.45) is 7.05 Å². The summed E-state index contributed by atoms with van der Waals surface area (Å²) in [7, 11) is -0.687. The lowest BCUT2D eigenvalue weighted by atomic mass is 10.1. The van der Waals surface area contributed by atoms with Crippen molar-refractivity contribution in [2.45, 2.75) is 25.3 Å². The molecule has 0 unspecified atom stereocenters. The van der Waals surface area contributed by atoms with E-state index in [4.69, 9.17) is 32.7 Å². The Morgan fingerprint density at radius 3 is 2.39 bits per heavy atom. The molecule has 0 aliphatic rings. The Balaban J connectivity index is 1.60. The van der Waals surface area contributed by atoms with Crippen LogP contribution in [0.3, 0.4) is 0 Å². The quantitative estimate of drug-likeness (QED) is 0.214. The van der Waals surface area contributed by atoms with Gasteiger partial charge in [0.1, 0.15) is 11.5 Å². The SMILES string of the molecule is COCCN(Cc1c(C)nn(C)c1C)C(=O)c1cc(Cl)ccc1NS(=O)(=O)c1ccc(Oc2ccccc2Cl)cc1. The summed E-state index contributed by atoms with van der Waals surface area (Å²) >= 11 is 12.4. The van der Waals surface area contributed by atoms with E-state index < -0.39 is 15.9 Å². The van der Waals surface area contributed by atoms with Crippen molar-refractivity contribution < 1.29 is 22.7 Å². The van der Waals surface area contributed by atoms with Crippen LogP contribution in [0.1, 0.15) is 27.3 Å². The predicted molar refractivity (Wildman–Crippen MR) is 160 cm³/mol. The van der Waals surface area contributed by atoms with Crippen LogP contribution in [-0.4, -0.2) is 49.3 Å². The van der Waals surface area contributed by atoms with Crippen LogP contribution in [0, 0.1) is 13.8 Å². The number of methoxy groups -OCH3 is 1. The fraction of sp³-hybridized carbons (Fsp3) is 0.241. The van der Waals surface area contributed by atoms with E-state index in [-0.39, 0.29) is 40.9 Å². The number of para-hydroxylation sites is 1. The number of halogens is 2. The molecule has 0 fully saturated rings. The number of hydrogen-bond acceptors (Lipinski definition) is 6. The molecule has 0 atom stereocenters. The number of nitrogens with zero attached hydrogens (tertiary/aromatic N) is 3. The molecule has 12 heteroatoms. The molecule has 0 aliphatic heterocycles. The number of nitrogens with one attached hydrogen (secondary N) is 1. The smallest absolute Gasteiger partial charge is 0.261 e. The van der Waals surface area contributed by atoms with E-state index in [9.17, 15) is 13.2 Å². The molecule has 1 heterocycles. The number of aromatic nitrogens is 2. The zero-order chi connectivity index (χ0) is 29.7. The molecular weight excluding hydrogens is 587 g/mol. The summed E-state index contributed by atoms with van der Waals surface area (Å²) < 4.78 is 42.0. The summed E-state index contributed by atoms with van der Waals surface area (Å²) in [6, 6.07) is 17.3. The number of carbonyl (C=O) groups is 1. The van der Waals surface area contributed by atoms with E-state index >= 15 is 0 Å². The van der Waals surface area contributed by atoms with Crippen molar-refractivity contribution in [1.29, 1.82) is 0 Å². The standard InChI is InChI=1S/C29H30Cl2N4O5S/c1-19-25(20(2)34(3)32-19)18-35(15-16-39-4)29(36)24-17-21(30)9-14-27(24)33-41(37,38)23-12-10-22(11-13-23)40-28-8-6-5-7-26(28)31/h5-14,17,33H,15-16,18H2,1-4H3. The van der Waals surface area contributed by atoms with Gasteiger partial charge in [0.15, 0.2) is 0 Å². The number of rotatable bonds is 11. The second-order valence-corrected chi connectivity index (χ2v) is 11.8. The first kappa shape index (κ1) is 30.4. The minimum Gasteiger partial charge on any atom is -0.456 e. The molecule has 0 aliphatic carbocycles. The van der Waals surface area contributed by atoms with Gasteiger partial charge in [0, 0.05) is 43.5 Å². The van der Waals surface area contributed by atoms with Crippen LogP contribution in [0.25, 0.3) is 0 Å². The highest BCUT2D eigenvalue weighted by molar-refractivity contribution is 7.92. The minimum atomic E-state index is -4.08. The minimum absolute atomic E-state index is 0.0183. The number of anilines is 1. The van der Waals surface area contributed by atoms with Gasteiger partial charge >= 0.3 is 0 Å². The van der Waals surface area contributed by atoms with Crippen molar-refractivity contribution in [2.75, 3.05) is 25.0 Å². The third-order valence-corrected chi connectivity index (χ3v) is 8.44. The van der Waals surface area contributed by atoms with Crippen molar-refractivity contribution in [1.82, 2.24) is 14.7 Å². The van der Waals surface area contributed by atoms with E-state index in [0.29, 0.717) is 16.5 Å². The number of ether oxygens (including phenoxy) is 2. The average Bonchev–Trinajstić information content (AvgIpc) is 3.18. The fourth-order valence-electron chi connectivity index (χ4n) is 4.19. The van der Waals surface area contributed by atoms with Gasteiger partial charge in [-0.2, -0.15) is 5.10 Å². The molecule has 1 amide bonds. The van der Waals surface area contributed by atoms with Gasteiger partial charge in [-0.25, -0.2) is 8.42 Å². The highest BCUT2D eigenvalue weighted by Crippen LogP contribution is 2.30. The number of carbonyl (C=O) groups excluding carboxylic acids is 1. The predicted octanol–water partition coefficient (Wildman–Crippen LogP) is 6.23. The maximum absolute atomic E-state index is 13.8. The number of amides is 1. The molecule has 0 bridgehead atoms. The van der Waals surface area contributed by atoms with E-state index in [1.807, 2.05) is 20.9 Å². The highest BCUT2D eigenvalue weighted by atomic mass is 35.5. The maximum atomic E-state index is 13.8. The molecule has 216 valence electrons. The fourth-order valence-corrected chi connectivity index (χ4v) is 5.61. The Morgan fingerprint density at radius 2 is 1.76 bits per heavy atom. The Hall–Kier alpha value is -3.57. The van der Waals surface area contributed by atoms with Crippen LogP contribution >= 0.6 is 23.2 Å². The first-order valence-electron chi connectivity index (χ1n) is 12.6. The monoisotopic (exact) mass is 616 g/mol. The summed E-state index contributed by atoms with van der Waals surface area (Å²) in [6.45, 7) is 4.63. The number of aryl methyl sites for hydroxylation is 2. The van der Waals surface area contributed by atoms with Gasteiger partial charge in [-0.1, -0.05) is 35.3 Å². The molecule has 1 N–H and O–H groups in total. The van der Waals surface area contributed by atoms with Crippen molar-refractivity contribution in [3.63, 3.8) is 0 Å². The molecule has 0 saturated carbocycles. The zero-order valence-electron chi connectivity index (χ0n) is 23.0. The maximum Gasteiger partial charge on any atom is 0.261 e. The van der Waals surface area contributed by atoms with Crippen LogP contribution in [0.2, 0.25) is 10.0 Å². The topological polar surface area (TPSA) is 103 Å². The van der Waals surface area contributed by atoms with Gasteiger partial charge in [0.2, 0.25) is 0 Å². The third kappa shape index (κ3) is 7.20. The number of sulfonamides is 1. The van der Waals surface area contributed by atoms with Gasteiger partial charge in [0.25, 0.3) is 15.9 Å². The molecule has 4 rings (SSSR count). The highest BCUT2D eigenvalue weighted by Gasteiger charge is 2.25. The van der Waals surface area contributed by atoms with Crippen LogP contribution < -0.4 is 9.46 Å². The van der Waals surface area contributed by atoms with Gasteiger partial charge in [-0.15, -0.1) is 0 Å². The first-order valence-corrected chi connectivity index (χ1v) is 14.9. The summed E-state index contributed by atoms with van der Waals surface area (Å²) in [4.78, 5) is 15.4.